The number of fused-ring (bicyclic) bond motifs is 3. The van der Waals surface area contributed by atoms with Crippen molar-refractivity contribution in [1.82, 2.24) is 10.6 Å². The van der Waals surface area contributed by atoms with Crippen LogP contribution >= 0.6 is 10.5 Å². The number of nitrogens with one attached hydrogen (secondary N) is 2. The van der Waals surface area contributed by atoms with Crippen molar-refractivity contribution in [2.24, 2.45) is 0 Å². The fourth-order valence-electron chi connectivity index (χ4n) is 6.47. The number of nitrogens with zero attached hydrogens (tertiary/aromatic N) is 1. The SMILES string of the molecule is N#CC(C(=O)[C@H](Cc1ccccc1)NC(=O)[C@H](Cc1ccc(O)cc1)NC(=O)OCC1c2ccccc2-c2ccccc21)=S1CCCC1. The lowest BCUT2D eigenvalue weighted by atomic mass is 9.98. The fourth-order valence-corrected chi connectivity index (χ4v) is 8.74. The highest BCUT2D eigenvalue weighted by Crippen LogP contribution is 2.44. The van der Waals surface area contributed by atoms with Gasteiger partial charge < -0.3 is 20.5 Å². The minimum absolute atomic E-state index is 0.0742. The van der Waals surface area contributed by atoms with Crippen LogP contribution in [-0.4, -0.2) is 58.0 Å². The van der Waals surface area contributed by atoms with E-state index in [9.17, 15) is 24.8 Å². The van der Waals surface area contributed by atoms with Gasteiger partial charge in [0.15, 0.2) is 0 Å². The molecule has 4 aromatic carbocycles. The zero-order valence-corrected chi connectivity index (χ0v) is 27.2. The molecule has 0 radical (unpaired) electrons. The topological polar surface area (TPSA) is 129 Å². The lowest BCUT2D eigenvalue weighted by molar-refractivity contribution is -0.126. The van der Waals surface area contributed by atoms with Crippen LogP contribution in [0.4, 0.5) is 4.79 Å². The lowest BCUT2D eigenvalue weighted by Crippen LogP contribution is -2.54. The molecule has 1 heterocycles. The molecule has 1 saturated heterocycles. The van der Waals surface area contributed by atoms with E-state index in [-0.39, 0.29) is 41.8 Å². The first-order valence-electron chi connectivity index (χ1n) is 16.1. The highest BCUT2D eigenvalue weighted by atomic mass is 32.2. The number of aromatic hydroxyl groups is 1. The van der Waals surface area contributed by atoms with E-state index in [4.69, 9.17) is 4.74 Å². The van der Waals surface area contributed by atoms with Gasteiger partial charge in [0.1, 0.15) is 29.3 Å². The zero-order valence-electron chi connectivity index (χ0n) is 26.4. The third-order valence-corrected chi connectivity index (χ3v) is 11.3. The summed E-state index contributed by atoms with van der Waals surface area (Å²) in [6.07, 6.45) is 1.46. The second-order valence-corrected chi connectivity index (χ2v) is 14.3. The van der Waals surface area contributed by atoms with Gasteiger partial charge in [-0.3, -0.25) is 9.59 Å². The van der Waals surface area contributed by atoms with E-state index >= 15 is 0 Å². The Morgan fingerprint density at radius 2 is 1.33 bits per heavy atom. The molecule has 2 aliphatic rings. The Morgan fingerprint density at radius 1 is 0.771 bits per heavy atom. The monoisotopic (exact) mass is 659 g/mol. The Bertz CT molecular complexity index is 1830. The summed E-state index contributed by atoms with van der Waals surface area (Å²) in [6, 6.07) is 31.9. The van der Waals surface area contributed by atoms with Crippen molar-refractivity contribution in [3.8, 4) is 22.9 Å². The van der Waals surface area contributed by atoms with Crippen molar-refractivity contribution < 1.29 is 24.2 Å². The Kier molecular flexibility index (Phi) is 10.3. The van der Waals surface area contributed by atoms with E-state index in [2.05, 4.69) is 28.8 Å². The predicted octanol–water partition coefficient (Wildman–Crippen LogP) is 5.90. The van der Waals surface area contributed by atoms with Crippen LogP contribution < -0.4 is 10.6 Å². The highest BCUT2D eigenvalue weighted by Gasteiger charge is 2.32. The molecule has 3 N–H and O–H groups in total. The first-order chi connectivity index (χ1) is 23.4. The number of rotatable bonds is 11. The summed E-state index contributed by atoms with van der Waals surface area (Å²) in [7, 11) is -0.437. The van der Waals surface area contributed by atoms with Crippen LogP contribution in [0.5, 0.6) is 5.75 Å². The van der Waals surface area contributed by atoms with E-state index in [0.29, 0.717) is 5.56 Å². The fraction of sp³-hybridized carbons (Fsp3) is 0.256. The van der Waals surface area contributed by atoms with Gasteiger partial charge >= 0.3 is 6.09 Å². The van der Waals surface area contributed by atoms with Gasteiger partial charge in [0.25, 0.3) is 0 Å². The number of ketones is 1. The summed E-state index contributed by atoms with van der Waals surface area (Å²) in [6.45, 7) is 0.0747. The van der Waals surface area contributed by atoms with Gasteiger partial charge in [0.2, 0.25) is 11.7 Å². The molecule has 0 unspecified atom stereocenters. The van der Waals surface area contributed by atoms with Crippen LogP contribution in [0.2, 0.25) is 0 Å². The average Bonchev–Trinajstić information content (AvgIpc) is 3.75. The summed E-state index contributed by atoms with van der Waals surface area (Å²) in [5, 5.41) is 25.5. The van der Waals surface area contributed by atoms with Gasteiger partial charge in [-0.25, -0.2) is 4.79 Å². The van der Waals surface area contributed by atoms with Crippen molar-refractivity contribution in [1.29, 1.82) is 5.26 Å². The number of phenolic OH excluding ortho intramolecular Hbond substituents is 1. The number of ether oxygens (including phenoxy) is 1. The molecule has 244 valence electrons. The third-order valence-electron chi connectivity index (χ3n) is 8.89. The van der Waals surface area contributed by atoms with E-state index in [1.165, 1.54) is 12.1 Å². The Labute approximate surface area is 282 Å². The Hall–Kier alpha value is -5.20. The normalized spacial score (nSPS) is 15.0. The third kappa shape index (κ3) is 7.50. The first-order valence-corrected chi connectivity index (χ1v) is 17.7. The summed E-state index contributed by atoms with van der Waals surface area (Å²) in [5.74, 6) is 0.560. The summed E-state index contributed by atoms with van der Waals surface area (Å²) >= 11 is 0. The summed E-state index contributed by atoms with van der Waals surface area (Å²) < 4.78 is 5.77. The first kappa shape index (κ1) is 32.7. The van der Waals surface area contributed by atoms with Crippen LogP contribution in [0.15, 0.2) is 103 Å². The van der Waals surface area contributed by atoms with Gasteiger partial charge in [-0.15, -0.1) is 0 Å². The van der Waals surface area contributed by atoms with Crippen molar-refractivity contribution in [2.45, 2.75) is 43.7 Å². The number of carbonyl (C=O) groups excluding carboxylic acids is 3. The Balaban J connectivity index is 1.22. The lowest BCUT2D eigenvalue weighted by Gasteiger charge is -2.24. The van der Waals surface area contributed by atoms with E-state index in [0.717, 1.165) is 52.2 Å². The second kappa shape index (κ2) is 15.1. The van der Waals surface area contributed by atoms with Gasteiger partial charge in [0.05, 0.1) is 6.04 Å². The molecule has 1 aliphatic heterocycles. The van der Waals surface area contributed by atoms with E-state index in [1.807, 2.05) is 66.7 Å². The van der Waals surface area contributed by atoms with Gasteiger partial charge in [-0.05, 0) is 69.9 Å². The number of hydrogen-bond acceptors (Lipinski definition) is 6. The number of hydrogen-bond donors (Lipinski definition) is 3. The minimum Gasteiger partial charge on any atom is -0.508 e. The van der Waals surface area contributed by atoms with Crippen LogP contribution in [0.25, 0.3) is 11.1 Å². The summed E-state index contributed by atoms with van der Waals surface area (Å²) in [5.41, 5.74) is 5.87. The van der Waals surface area contributed by atoms with Crippen LogP contribution in [0.1, 0.15) is 41.0 Å². The molecule has 9 heteroatoms. The molecule has 0 spiro atoms. The molecule has 4 aromatic rings. The predicted molar refractivity (Wildman–Crippen MR) is 188 cm³/mol. The maximum absolute atomic E-state index is 14.0. The number of Topliss-reactive ketones (excluding diaryl/α,β-unsaturated/α-hetero) is 1. The molecular formula is C39H37N3O5S. The molecule has 1 fully saturated rings. The molecule has 0 bridgehead atoms. The maximum Gasteiger partial charge on any atom is 0.407 e. The van der Waals surface area contributed by atoms with Gasteiger partial charge in [-0.1, -0.05) is 91.0 Å². The zero-order chi connectivity index (χ0) is 33.5. The number of phenols is 1. The van der Waals surface area contributed by atoms with Gasteiger partial charge in [-0.2, -0.15) is 15.7 Å². The number of benzene rings is 4. The molecule has 8 nitrogen and oxygen atoms in total. The Morgan fingerprint density at radius 3 is 1.96 bits per heavy atom. The van der Waals surface area contributed by atoms with Gasteiger partial charge in [0, 0.05) is 18.8 Å². The van der Waals surface area contributed by atoms with Crippen LogP contribution in [-0.2, 0) is 27.2 Å². The number of alkyl carbamates (subject to hydrolysis) is 1. The maximum atomic E-state index is 14.0. The highest BCUT2D eigenvalue weighted by molar-refractivity contribution is 8.17. The van der Waals surface area contributed by atoms with E-state index in [1.54, 1.807) is 12.1 Å². The average molecular weight is 660 g/mol. The summed E-state index contributed by atoms with van der Waals surface area (Å²) in [4.78, 5) is 41.5. The quantitative estimate of drug-likeness (QED) is 0.172. The van der Waals surface area contributed by atoms with Crippen LogP contribution in [0, 0.1) is 11.3 Å². The molecule has 48 heavy (non-hydrogen) atoms. The molecule has 2 amide bonds. The van der Waals surface area contributed by atoms with Crippen LogP contribution in [0.3, 0.4) is 0 Å². The molecule has 0 saturated carbocycles. The number of nitriles is 1. The van der Waals surface area contributed by atoms with Crippen molar-refractivity contribution in [3.05, 3.63) is 125 Å². The van der Waals surface area contributed by atoms with Crippen molar-refractivity contribution in [2.75, 3.05) is 18.1 Å². The van der Waals surface area contributed by atoms with Crippen molar-refractivity contribution >= 4 is 33.1 Å². The van der Waals surface area contributed by atoms with E-state index < -0.39 is 34.6 Å². The molecule has 6 rings (SSSR count). The van der Waals surface area contributed by atoms with Crippen molar-refractivity contribution in [3.63, 3.8) is 0 Å². The molecule has 2 atom stereocenters. The smallest absolute Gasteiger partial charge is 0.407 e. The standard InChI is InChI=1S/C39H37N3O5S/c40-24-36(48-20-8-9-21-48)37(44)34(22-26-10-2-1-3-11-26)41-38(45)35(23-27-16-18-28(43)19-17-27)42-39(46)47-25-33-31-14-6-4-12-29(31)30-13-5-7-15-32(30)33/h1-7,10-19,33-35,43H,8-9,20-23,25H2,(H,41,45)(H,42,46)/t34-,35-/m0/s1. The minimum atomic E-state index is -1.10. The largest absolute Gasteiger partial charge is 0.508 e. The number of carbonyl (C=O) groups is 3. The molecule has 1 aliphatic carbocycles. The second-order valence-electron chi connectivity index (χ2n) is 12.1. The molecule has 0 aromatic heterocycles. The molecular weight excluding hydrogens is 623 g/mol. The number of amides is 2.